The number of benzene rings is 2. The molecule has 1 aliphatic heterocycles. The van der Waals surface area contributed by atoms with Gasteiger partial charge in [-0.15, -0.1) is 0 Å². The molecule has 0 unspecified atom stereocenters. The van der Waals surface area contributed by atoms with Crippen molar-refractivity contribution in [2.24, 2.45) is 0 Å². The average Bonchev–Trinajstić information content (AvgIpc) is 2.75. The van der Waals surface area contributed by atoms with Crippen LogP contribution < -0.4 is 10.6 Å². The monoisotopic (exact) mass is 417 g/mol. The molecule has 1 atom stereocenters. The van der Waals surface area contributed by atoms with Gasteiger partial charge in [0.15, 0.2) is 0 Å². The largest absolute Gasteiger partial charge is 0.379 e. The van der Waals surface area contributed by atoms with Gasteiger partial charge in [0, 0.05) is 24.5 Å². The number of hydrogen-bond donors (Lipinski definition) is 2. The molecule has 7 nitrogen and oxygen atoms in total. The molecule has 0 saturated carbocycles. The molecule has 29 heavy (non-hydrogen) atoms. The van der Waals surface area contributed by atoms with Gasteiger partial charge >= 0.3 is 0 Å². The van der Waals surface area contributed by atoms with E-state index in [0.29, 0.717) is 32.0 Å². The summed E-state index contributed by atoms with van der Waals surface area (Å²) in [7, 11) is -3.54. The molecule has 8 heteroatoms. The molecular formula is C21H27N3O4S. The van der Waals surface area contributed by atoms with Crippen molar-refractivity contribution in [2.75, 3.05) is 36.9 Å². The number of carbonyl (C=O) groups excluding carboxylic acids is 1. The van der Waals surface area contributed by atoms with Crippen LogP contribution in [0.5, 0.6) is 0 Å². The van der Waals surface area contributed by atoms with E-state index in [1.165, 1.54) is 16.4 Å². The number of carbonyl (C=O) groups is 1. The van der Waals surface area contributed by atoms with Crippen molar-refractivity contribution in [3.05, 3.63) is 54.1 Å². The lowest BCUT2D eigenvalue weighted by Crippen LogP contribution is -2.40. The van der Waals surface area contributed by atoms with E-state index >= 15 is 0 Å². The number of ether oxygens (including phenoxy) is 1. The van der Waals surface area contributed by atoms with Gasteiger partial charge in [0.2, 0.25) is 15.9 Å². The third-order valence-corrected chi connectivity index (χ3v) is 6.81. The van der Waals surface area contributed by atoms with Gasteiger partial charge in [0.05, 0.1) is 18.1 Å². The number of para-hydroxylation sites is 1. The Morgan fingerprint density at radius 1 is 1.10 bits per heavy atom. The Labute approximate surface area is 172 Å². The number of nitrogens with one attached hydrogen (secondary N) is 2. The standard InChI is InChI=1S/C21H27N3O4S/c1-3-17-6-4-5-7-20(17)22-16(2)21(25)23-18-8-10-19(11-9-18)29(26,27)24-12-14-28-15-13-24/h4-11,16,22H,3,12-15H2,1-2H3,(H,23,25)/t16-/m0/s1. The lowest BCUT2D eigenvalue weighted by atomic mass is 10.1. The minimum absolute atomic E-state index is 0.195. The molecule has 1 amide bonds. The van der Waals surface area contributed by atoms with E-state index in [1.807, 2.05) is 24.3 Å². The number of amides is 1. The highest BCUT2D eigenvalue weighted by Gasteiger charge is 2.26. The minimum atomic E-state index is -3.54. The summed E-state index contributed by atoms with van der Waals surface area (Å²) >= 11 is 0. The molecule has 2 N–H and O–H groups in total. The van der Waals surface area contributed by atoms with Crippen LogP contribution >= 0.6 is 0 Å². The third kappa shape index (κ3) is 5.14. The van der Waals surface area contributed by atoms with Crippen molar-refractivity contribution >= 4 is 27.3 Å². The number of morpholine rings is 1. The van der Waals surface area contributed by atoms with Gasteiger partial charge in [-0.3, -0.25) is 4.79 Å². The molecule has 1 heterocycles. The van der Waals surface area contributed by atoms with Gasteiger partial charge in [-0.05, 0) is 49.2 Å². The van der Waals surface area contributed by atoms with Crippen LogP contribution in [0.15, 0.2) is 53.4 Å². The number of sulfonamides is 1. The lowest BCUT2D eigenvalue weighted by Gasteiger charge is -2.26. The second-order valence-corrected chi connectivity index (χ2v) is 8.84. The van der Waals surface area contributed by atoms with Crippen LogP contribution in [-0.2, 0) is 26.0 Å². The van der Waals surface area contributed by atoms with E-state index in [4.69, 9.17) is 4.74 Å². The fraction of sp³-hybridized carbons (Fsp3) is 0.381. The van der Waals surface area contributed by atoms with Gasteiger partial charge in [-0.2, -0.15) is 4.31 Å². The smallest absolute Gasteiger partial charge is 0.246 e. The third-order valence-electron chi connectivity index (χ3n) is 4.89. The number of aryl methyl sites for hydroxylation is 1. The molecule has 3 rings (SSSR count). The SMILES string of the molecule is CCc1ccccc1N[C@@H](C)C(=O)Nc1ccc(S(=O)(=O)N2CCOCC2)cc1. The first-order chi connectivity index (χ1) is 13.9. The second kappa shape index (κ2) is 9.39. The van der Waals surface area contributed by atoms with Gasteiger partial charge in [0.1, 0.15) is 6.04 Å². The van der Waals surface area contributed by atoms with Crippen LogP contribution in [-0.4, -0.2) is 51.0 Å². The molecule has 0 radical (unpaired) electrons. The quantitative estimate of drug-likeness (QED) is 0.723. The zero-order valence-corrected chi connectivity index (χ0v) is 17.5. The Morgan fingerprint density at radius 2 is 1.76 bits per heavy atom. The predicted octanol–water partition coefficient (Wildman–Crippen LogP) is 2.71. The maximum absolute atomic E-state index is 12.7. The Kier molecular flexibility index (Phi) is 6.89. The lowest BCUT2D eigenvalue weighted by molar-refractivity contribution is -0.116. The second-order valence-electron chi connectivity index (χ2n) is 6.91. The molecule has 2 aromatic carbocycles. The van der Waals surface area contributed by atoms with Crippen molar-refractivity contribution in [1.29, 1.82) is 0 Å². The molecule has 1 fully saturated rings. The van der Waals surface area contributed by atoms with Crippen molar-refractivity contribution in [3.8, 4) is 0 Å². The van der Waals surface area contributed by atoms with Crippen LogP contribution in [0, 0.1) is 0 Å². The molecule has 0 aromatic heterocycles. The summed E-state index contributed by atoms with van der Waals surface area (Å²) in [5.41, 5.74) is 2.63. The molecule has 156 valence electrons. The van der Waals surface area contributed by atoms with Crippen LogP contribution in [0.4, 0.5) is 11.4 Å². The first-order valence-electron chi connectivity index (χ1n) is 9.75. The number of anilines is 2. The summed E-state index contributed by atoms with van der Waals surface area (Å²) < 4.78 is 32.0. The maximum atomic E-state index is 12.7. The zero-order valence-electron chi connectivity index (χ0n) is 16.7. The van der Waals surface area contributed by atoms with E-state index in [2.05, 4.69) is 17.6 Å². The first-order valence-corrected chi connectivity index (χ1v) is 11.2. The highest BCUT2D eigenvalue weighted by molar-refractivity contribution is 7.89. The minimum Gasteiger partial charge on any atom is -0.379 e. The summed E-state index contributed by atoms with van der Waals surface area (Å²) in [6.07, 6.45) is 0.872. The van der Waals surface area contributed by atoms with E-state index < -0.39 is 16.1 Å². The van der Waals surface area contributed by atoms with Gasteiger partial charge in [-0.25, -0.2) is 8.42 Å². The Bertz CT molecular complexity index is 939. The van der Waals surface area contributed by atoms with Crippen molar-refractivity contribution in [2.45, 2.75) is 31.2 Å². The average molecular weight is 418 g/mol. The van der Waals surface area contributed by atoms with E-state index in [9.17, 15) is 13.2 Å². The fourth-order valence-corrected chi connectivity index (χ4v) is 4.57. The number of hydrogen-bond acceptors (Lipinski definition) is 5. The van der Waals surface area contributed by atoms with Gasteiger partial charge < -0.3 is 15.4 Å². The predicted molar refractivity (Wildman–Crippen MR) is 114 cm³/mol. The molecule has 0 bridgehead atoms. The first kappa shape index (κ1) is 21.3. The molecule has 0 spiro atoms. The summed E-state index contributed by atoms with van der Waals surface area (Å²) in [6, 6.07) is 13.7. The van der Waals surface area contributed by atoms with E-state index in [1.54, 1.807) is 19.1 Å². The van der Waals surface area contributed by atoms with Crippen molar-refractivity contribution in [3.63, 3.8) is 0 Å². The maximum Gasteiger partial charge on any atom is 0.246 e. The van der Waals surface area contributed by atoms with Crippen molar-refractivity contribution in [1.82, 2.24) is 4.31 Å². The number of rotatable bonds is 7. The molecule has 2 aromatic rings. The summed E-state index contributed by atoms with van der Waals surface area (Å²) in [5, 5.41) is 6.06. The summed E-state index contributed by atoms with van der Waals surface area (Å²) in [4.78, 5) is 12.7. The Balaban J connectivity index is 1.63. The van der Waals surface area contributed by atoms with Gasteiger partial charge in [-0.1, -0.05) is 25.1 Å². The Hall–Kier alpha value is -2.42. The van der Waals surface area contributed by atoms with Crippen LogP contribution in [0.1, 0.15) is 19.4 Å². The summed E-state index contributed by atoms with van der Waals surface area (Å²) in [5.74, 6) is -0.195. The number of nitrogens with zero attached hydrogens (tertiary/aromatic N) is 1. The fourth-order valence-electron chi connectivity index (χ4n) is 3.16. The highest BCUT2D eigenvalue weighted by Crippen LogP contribution is 2.20. The molecule has 1 aliphatic rings. The molecule has 0 aliphatic carbocycles. The molecule has 1 saturated heterocycles. The zero-order chi connectivity index (χ0) is 20.9. The van der Waals surface area contributed by atoms with Crippen LogP contribution in [0.3, 0.4) is 0 Å². The van der Waals surface area contributed by atoms with Crippen LogP contribution in [0.25, 0.3) is 0 Å². The van der Waals surface area contributed by atoms with Crippen LogP contribution in [0.2, 0.25) is 0 Å². The van der Waals surface area contributed by atoms with E-state index in [-0.39, 0.29) is 10.8 Å². The normalized spacial score (nSPS) is 16.2. The summed E-state index contributed by atoms with van der Waals surface area (Å²) in [6.45, 7) is 5.36. The Morgan fingerprint density at radius 3 is 2.41 bits per heavy atom. The van der Waals surface area contributed by atoms with Crippen molar-refractivity contribution < 1.29 is 17.9 Å². The van der Waals surface area contributed by atoms with Gasteiger partial charge in [0.25, 0.3) is 0 Å². The highest BCUT2D eigenvalue weighted by atomic mass is 32.2. The van der Waals surface area contributed by atoms with E-state index in [0.717, 1.165) is 17.7 Å². The molecular weight excluding hydrogens is 390 g/mol. The topological polar surface area (TPSA) is 87.7 Å².